The average Bonchev–Trinajstić information content (AvgIpc) is 3.31. The fourth-order valence-electron chi connectivity index (χ4n) is 4.39. The second kappa shape index (κ2) is 8.16. The van der Waals surface area contributed by atoms with Gasteiger partial charge in [0.2, 0.25) is 0 Å². The first-order valence-corrected chi connectivity index (χ1v) is 13.1. The molecule has 0 bridgehead atoms. The molecular formula is C22H21ClFN3O2S2. The summed E-state index contributed by atoms with van der Waals surface area (Å²) in [6, 6.07) is 11.0. The van der Waals surface area contributed by atoms with Crippen LogP contribution in [0.2, 0.25) is 5.02 Å². The zero-order chi connectivity index (χ0) is 21.6. The van der Waals surface area contributed by atoms with E-state index in [-0.39, 0.29) is 16.8 Å². The lowest BCUT2D eigenvalue weighted by atomic mass is 10.0. The third-order valence-corrected chi connectivity index (χ3v) is 8.64. The van der Waals surface area contributed by atoms with Crippen LogP contribution in [0.25, 0.3) is 0 Å². The number of benzene rings is 2. The van der Waals surface area contributed by atoms with E-state index < -0.39 is 20.5 Å². The van der Waals surface area contributed by atoms with Crippen molar-refractivity contribution in [1.29, 1.82) is 0 Å². The van der Waals surface area contributed by atoms with Crippen LogP contribution in [0.4, 0.5) is 10.1 Å². The van der Waals surface area contributed by atoms with Gasteiger partial charge in [0.15, 0.2) is 9.84 Å². The number of halogens is 2. The molecule has 1 N–H and O–H groups in total. The molecule has 5 nitrogen and oxygen atoms in total. The molecule has 2 heterocycles. The van der Waals surface area contributed by atoms with Crippen molar-refractivity contribution in [2.75, 3.05) is 18.4 Å². The number of likely N-dealkylation sites (tertiary alicyclic amines) is 1. The van der Waals surface area contributed by atoms with Gasteiger partial charge in [0.25, 0.3) is 0 Å². The molecule has 31 heavy (non-hydrogen) atoms. The topological polar surface area (TPSA) is 62.3 Å². The van der Waals surface area contributed by atoms with Gasteiger partial charge in [0, 0.05) is 11.4 Å². The highest BCUT2D eigenvalue weighted by Crippen LogP contribution is 2.46. The van der Waals surface area contributed by atoms with Crippen molar-refractivity contribution in [3.8, 4) is 0 Å². The predicted octanol–water partition coefficient (Wildman–Crippen LogP) is 5.21. The number of nitrogens with zero attached hydrogens (tertiary/aromatic N) is 2. The van der Waals surface area contributed by atoms with E-state index in [4.69, 9.17) is 11.6 Å². The summed E-state index contributed by atoms with van der Waals surface area (Å²) in [5, 5.41) is 5.18. The number of fused-ring (bicyclic) bond motifs is 1. The van der Waals surface area contributed by atoms with E-state index in [1.54, 1.807) is 10.9 Å². The van der Waals surface area contributed by atoms with Gasteiger partial charge < -0.3 is 5.32 Å². The van der Waals surface area contributed by atoms with Crippen molar-refractivity contribution in [3.05, 3.63) is 74.9 Å². The standard InChI is InChI=1S/C22H21ClFN3O2S2/c23-17-8-22(31(28,29)12-14-11-30-13-25-14)18(24)9-20(17)26-19-10-21(27-6-3-7-27)16-5-2-1-4-15(16)19/h1-2,4-5,8-9,11,13,19,21,26H,3,6-7,10,12H2/t19-,21-/m0/s1. The molecule has 0 radical (unpaired) electrons. The van der Waals surface area contributed by atoms with E-state index in [1.807, 2.05) is 12.1 Å². The molecular weight excluding hydrogens is 457 g/mol. The fraction of sp³-hybridized carbons (Fsp3) is 0.318. The van der Waals surface area contributed by atoms with Crippen LogP contribution in [0.5, 0.6) is 0 Å². The Kier molecular flexibility index (Phi) is 5.50. The van der Waals surface area contributed by atoms with Crippen LogP contribution in [-0.2, 0) is 15.6 Å². The van der Waals surface area contributed by atoms with Gasteiger partial charge in [0.05, 0.1) is 33.7 Å². The van der Waals surface area contributed by atoms with Gasteiger partial charge in [-0.2, -0.15) is 0 Å². The molecule has 162 valence electrons. The maximum atomic E-state index is 14.9. The Morgan fingerprint density at radius 1 is 1.23 bits per heavy atom. The molecule has 0 saturated carbocycles. The normalized spacial score (nSPS) is 21.0. The molecule has 1 aromatic heterocycles. The summed E-state index contributed by atoms with van der Waals surface area (Å²) in [4.78, 5) is 6.04. The number of rotatable bonds is 6. The quantitative estimate of drug-likeness (QED) is 0.527. The molecule has 9 heteroatoms. The fourth-order valence-corrected chi connectivity index (χ4v) is 6.69. The zero-order valence-electron chi connectivity index (χ0n) is 16.6. The van der Waals surface area contributed by atoms with Gasteiger partial charge in [-0.15, -0.1) is 11.3 Å². The van der Waals surface area contributed by atoms with E-state index in [9.17, 15) is 12.8 Å². The molecule has 0 spiro atoms. The Balaban J connectivity index is 1.41. The lowest BCUT2D eigenvalue weighted by Gasteiger charge is -2.37. The van der Waals surface area contributed by atoms with Gasteiger partial charge in [0.1, 0.15) is 10.7 Å². The number of hydrogen-bond acceptors (Lipinski definition) is 6. The first kappa shape index (κ1) is 20.9. The predicted molar refractivity (Wildman–Crippen MR) is 121 cm³/mol. The van der Waals surface area contributed by atoms with Gasteiger partial charge >= 0.3 is 0 Å². The van der Waals surface area contributed by atoms with Crippen LogP contribution in [0, 0.1) is 5.82 Å². The lowest BCUT2D eigenvalue weighted by molar-refractivity contribution is 0.116. The minimum atomic E-state index is -3.89. The smallest absolute Gasteiger partial charge is 0.187 e. The molecule has 2 aromatic carbocycles. The molecule has 2 aliphatic rings. The molecule has 2 atom stereocenters. The van der Waals surface area contributed by atoms with Crippen LogP contribution in [-0.4, -0.2) is 31.4 Å². The van der Waals surface area contributed by atoms with Crippen molar-refractivity contribution in [1.82, 2.24) is 9.88 Å². The Morgan fingerprint density at radius 2 is 2.00 bits per heavy atom. The number of sulfone groups is 1. The molecule has 1 aliphatic heterocycles. The summed E-state index contributed by atoms with van der Waals surface area (Å²) < 4.78 is 40.3. The van der Waals surface area contributed by atoms with E-state index in [0.717, 1.165) is 19.5 Å². The summed E-state index contributed by atoms with van der Waals surface area (Å²) in [5.41, 5.74) is 4.81. The molecule has 1 fully saturated rings. The Hall–Kier alpha value is -2.00. The van der Waals surface area contributed by atoms with E-state index in [1.165, 1.54) is 41.0 Å². The Bertz CT molecular complexity index is 1210. The molecule has 0 unspecified atom stereocenters. The van der Waals surface area contributed by atoms with Crippen molar-refractivity contribution in [2.24, 2.45) is 0 Å². The summed E-state index contributed by atoms with van der Waals surface area (Å²) in [6.07, 6.45) is 2.08. The second-order valence-electron chi connectivity index (χ2n) is 7.97. The van der Waals surface area contributed by atoms with Gasteiger partial charge in [-0.05, 0) is 49.2 Å². The average molecular weight is 478 g/mol. The monoisotopic (exact) mass is 477 g/mol. The minimum Gasteiger partial charge on any atom is -0.377 e. The van der Waals surface area contributed by atoms with Crippen LogP contribution < -0.4 is 5.32 Å². The highest BCUT2D eigenvalue weighted by molar-refractivity contribution is 7.90. The van der Waals surface area contributed by atoms with E-state index in [2.05, 4.69) is 27.3 Å². The number of nitrogens with one attached hydrogen (secondary N) is 1. The van der Waals surface area contributed by atoms with Gasteiger partial charge in [-0.3, -0.25) is 4.90 Å². The number of thiazole rings is 1. The summed E-state index contributed by atoms with van der Waals surface area (Å²) in [7, 11) is -3.89. The van der Waals surface area contributed by atoms with E-state index in [0.29, 0.717) is 17.4 Å². The number of hydrogen-bond donors (Lipinski definition) is 1. The number of aromatic nitrogens is 1. The highest BCUT2D eigenvalue weighted by atomic mass is 35.5. The number of anilines is 1. The zero-order valence-corrected chi connectivity index (χ0v) is 19.0. The highest BCUT2D eigenvalue weighted by Gasteiger charge is 2.36. The molecule has 5 rings (SSSR count). The Morgan fingerprint density at radius 3 is 2.68 bits per heavy atom. The summed E-state index contributed by atoms with van der Waals surface area (Å²) in [5.74, 6) is -1.17. The maximum Gasteiger partial charge on any atom is 0.187 e. The van der Waals surface area contributed by atoms with Crippen molar-refractivity contribution >= 4 is 38.5 Å². The molecule has 1 aliphatic carbocycles. The SMILES string of the molecule is O=S(=O)(Cc1cscn1)c1cc(Cl)c(N[C@H]2C[C@H](N3CCC3)c3ccccc32)cc1F. The first-order valence-electron chi connectivity index (χ1n) is 10.1. The molecule has 0 amide bonds. The van der Waals surface area contributed by atoms with Crippen LogP contribution in [0.3, 0.4) is 0 Å². The van der Waals surface area contributed by atoms with Gasteiger partial charge in [-0.1, -0.05) is 35.9 Å². The van der Waals surface area contributed by atoms with E-state index >= 15 is 0 Å². The molecule has 3 aromatic rings. The third-order valence-electron chi connectivity index (χ3n) is 6.03. The minimum absolute atomic E-state index is 0.0174. The van der Waals surface area contributed by atoms with Crippen LogP contribution >= 0.6 is 22.9 Å². The molecule has 1 saturated heterocycles. The third kappa shape index (κ3) is 3.98. The summed E-state index contributed by atoms with van der Waals surface area (Å²) >= 11 is 7.71. The summed E-state index contributed by atoms with van der Waals surface area (Å²) in [6.45, 7) is 2.18. The van der Waals surface area contributed by atoms with Crippen molar-refractivity contribution in [2.45, 2.75) is 35.6 Å². The lowest BCUT2D eigenvalue weighted by Crippen LogP contribution is -2.39. The second-order valence-corrected chi connectivity index (χ2v) is 11.1. The largest absolute Gasteiger partial charge is 0.377 e. The Labute approximate surface area is 189 Å². The maximum absolute atomic E-state index is 14.9. The van der Waals surface area contributed by atoms with Crippen molar-refractivity contribution < 1.29 is 12.8 Å². The van der Waals surface area contributed by atoms with Crippen LogP contribution in [0.15, 0.2) is 52.2 Å². The van der Waals surface area contributed by atoms with Crippen LogP contribution in [0.1, 0.15) is 41.7 Å². The van der Waals surface area contributed by atoms with Gasteiger partial charge in [-0.25, -0.2) is 17.8 Å². The first-order chi connectivity index (χ1) is 14.9. The van der Waals surface area contributed by atoms with Crippen molar-refractivity contribution in [3.63, 3.8) is 0 Å².